The summed E-state index contributed by atoms with van der Waals surface area (Å²) < 4.78 is 10.8. The molecule has 2 aromatic rings. The van der Waals surface area contributed by atoms with Gasteiger partial charge in [0, 0.05) is 0 Å². The fourth-order valence-electron chi connectivity index (χ4n) is 1.22. The van der Waals surface area contributed by atoms with Crippen molar-refractivity contribution in [2.24, 2.45) is 0 Å². The molecule has 0 aliphatic rings. The molecule has 1 aromatic carbocycles. The molecule has 0 radical (unpaired) electrons. The van der Waals surface area contributed by atoms with E-state index >= 15 is 0 Å². The molecular formula is C9H9NOSe. The number of fused-ring (bicyclic) bond motifs is 1. The number of nitrogens with zero attached hydrogens (tertiary/aromatic N) is 1. The third-order valence-electron chi connectivity index (χ3n) is 1.87. The summed E-state index contributed by atoms with van der Waals surface area (Å²) in [5, 5.41) is 1.22. The van der Waals surface area contributed by atoms with E-state index in [4.69, 9.17) is 4.74 Å². The first-order valence-electron chi connectivity index (χ1n) is 3.70. The van der Waals surface area contributed by atoms with Crippen LogP contribution >= 0.6 is 0 Å². The van der Waals surface area contributed by atoms with Gasteiger partial charge in [0.05, 0.1) is 0 Å². The van der Waals surface area contributed by atoms with Gasteiger partial charge in [-0.05, 0) is 0 Å². The van der Waals surface area contributed by atoms with Crippen LogP contribution in [0.25, 0.3) is 9.65 Å². The molecule has 0 N–H and O–H groups in total. The van der Waals surface area contributed by atoms with Gasteiger partial charge in [0.15, 0.2) is 0 Å². The number of ether oxygens (including phenoxy) is 1. The van der Waals surface area contributed by atoms with Crippen molar-refractivity contribution in [2.45, 2.75) is 6.92 Å². The zero-order valence-electron chi connectivity index (χ0n) is 7.00. The molecule has 1 aromatic heterocycles. The summed E-state index contributed by atoms with van der Waals surface area (Å²) >= 11 is 0.298. The Kier molecular flexibility index (Phi) is 1.91. The normalized spacial score (nSPS) is 10.5. The molecule has 1 heterocycles. The van der Waals surface area contributed by atoms with Crippen LogP contribution in [0.2, 0.25) is 0 Å². The van der Waals surface area contributed by atoms with Crippen LogP contribution < -0.4 is 4.74 Å². The molecule has 0 unspecified atom stereocenters. The van der Waals surface area contributed by atoms with Gasteiger partial charge >= 0.3 is 76.8 Å². The topological polar surface area (TPSA) is 22.1 Å². The molecule has 0 saturated heterocycles. The van der Waals surface area contributed by atoms with Crippen LogP contribution in [0.15, 0.2) is 18.3 Å². The predicted octanol–water partition coefficient (Wildman–Crippen LogP) is 1.61. The Balaban J connectivity index is 2.73. The third-order valence-corrected chi connectivity index (χ3v) is 3.47. The van der Waals surface area contributed by atoms with E-state index in [9.17, 15) is 0 Å². The van der Waals surface area contributed by atoms with Crippen molar-refractivity contribution in [3.05, 3.63) is 23.9 Å². The summed E-state index contributed by atoms with van der Waals surface area (Å²) in [6.07, 6.45) is 1.93. The monoisotopic (exact) mass is 227 g/mol. The van der Waals surface area contributed by atoms with Crippen LogP contribution in [0.4, 0.5) is 0 Å². The van der Waals surface area contributed by atoms with Crippen molar-refractivity contribution in [1.82, 2.24) is 3.98 Å². The zero-order chi connectivity index (χ0) is 8.55. The van der Waals surface area contributed by atoms with Gasteiger partial charge in [-0.3, -0.25) is 0 Å². The summed E-state index contributed by atoms with van der Waals surface area (Å²) in [4.78, 5) is 0. The van der Waals surface area contributed by atoms with E-state index in [1.807, 2.05) is 6.20 Å². The number of hydrogen-bond acceptors (Lipinski definition) is 2. The van der Waals surface area contributed by atoms with E-state index in [0.29, 0.717) is 14.7 Å². The van der Waals surface area contributed by atoms with E-state index in [0.717, 1.165) is 5.75 Å². The number of benzene rings is 1. The summed E-state index contributed by atoms with van der Waals surface area (Å²) in [6.45, 7) is 2.06. The second kappa shape index (κ2) is 2.92. The third kappa shape index (κ3) is 1.15. The molecule has 2 nitrogen and oxygen atoms in total. The van der Waals surface area contributed by atoms with Crippen molar-refractivity contribution >= 4 is 24.4 Å². The summed E-state index contributed by atoms with van der Waals surface area (Å²) in [6, 6.07) is 4.23. The molecule has 0 aliphatic carbocycles. The van der Waals surface area contributed by atoms with Crippen LogP contribution in [-0.2, 0) is 0 Å². The molecule has 0 bridgehead atoms. The molecular weight excluding hydrogens is 217 g/mol. The van der Waals surface area contributed by atoms with E-state index in [2.05, 4.69) is 23.0 Å². The molecule has 12 heavy (non-hydrogen) atoms. The summed E-state index contributed by atoms with van der Waals surface area (Å²) in [7, 11) is 1.70. The molecule has 0 amide bonds. The van der Waals surface area contributed by atoms with Gasteiger partial charge in [-0.15, -0.1) is 0 Å². The minimum atomic E-state index is 0.298. The first-order chi connectivity index (χ1) is 5.81. The molecule has 0 atom stereocenters. The molecule has 0 aliphatic heterocycles. The van der Waals surface area contributed by atoms with Gasteiger partial charge in [0.2, 0.25) is 0 Å². The van der Waals surface area contributed by atoms with E-state index in [1.54, 1.807) is 7.11 Å². The number of methoxy groups -OCH3 is 1. The minimum absolute atomic E-state index is 0.298. The Morgan fingerprint density at radius 3 is 3.00 bits per heavy atom. The van der Waals surface area contributed by atoms with Crippen molar-refractivity contribution < 1.29 is 4.74 Å². The maximum atomic E-state index is 5.22. The van der Waals surface area contributed by atoms with E-state index in [-0.39, 0.29) is 0 Å². The van der Waals surface area contributed by atoms with Crippen molar-refractivity contribution in [2.75, 3.05) is 7.11 Å². The summed E-state index contributed by atoms with van der Waals surface area (Å²) in [5.41, 5.74) is 1.20. The Morgan fingerprint density at radius 1 is 1.42 bits per heavy atom. The average Bonchev–Trinajstić information content (AvgIpc) is 2.49. The van der Waals surface area contributed by atoms with E-state index < -0.39 is 0 Å². The average molecular weight is 226 g/mol. The molecule has 0 spiro atoms. The van der Waals surface area contributed by atoms with Gasteiger partial charge in [-0.1, -0.05) is 0 Å². The Morgan fingerprint density at radius 2 is 2.25 bits per heavy atom. The van der Waals surface area contributed by atoms with Crippen molar-refractivity contribution in [3.63, 3.8) is 0 Å². The van der Waals surface area contributed by atoms with Crippen LogP contribution in [0.1, 0.15) is 5.56 Å². The zero-order valence-corrected chi connectivity index (χ0v) is 8.71. The van der Waals surface area contributed by atoms with Crippen LogP contribution in [0.5, 0.6) is 5.75 Å². The number of hydrogen-bond donors (Lipinski definition) is 0. The quantitative estimate of drug-likeness (QED) is 0.689. The standard InChI is InChI=1S/C9H9NOSe/c1-6-3-9-7(5-10-12-9)4-8(6)11-2/h3-5H,1-2H3. The summed E-state index contributed by atoms with van der Waals surface area (Å²) in [5.74, 6) is 0.956. The van der Waals surface area contributed by atoms with Crippen LogP contribution in [0, 0.1) is 6.92 Å². The molecule has 3 heteroatoms. The Labute approximate surface area is 77.2 Å². The number of rotatable bonds is 1. The second-order valence-electron chi connectivity index (χ2n) is 2.69. The van der Waals surface area contributed by atoms with Crippen LogP contribution in [0.3, 0.4) is 0 Å². The van der Waals surface area contributed by atoms with Gasteiger partial charge in [-0.2, -0.15) is 0 Å². The van der Waals surface area contributed by atoms with Crippen molar-refractivity contribution in [1.29, 1.82) is 0 Å². The fourth-order valence-corrected chi connectivity index (χ4v) is 2.74. The maximum absolute atomic E-state index is 5.22. The first-order valence-corrected chi connectivity index (χ1v) is 5.32. The van der Waals surface area contributed by atoms with Gasteiger partial charge in [0.25, 0.3) is 0 Å². The second-order valence-corrected chi connectivity index (χ2v) is 4.43. The molecule has 62 valence electrons. The van der Waals surface area contributed by atoms with Crippen LogP contribution in [-0.4, -0.2) is 25.8 Å². The predicted molar refractivity (Wildman–Crippen MR) is 50.0 cm³/mol. The number of aryl methyl sites for hydroxylation is 1. The van der Waals surface area contributed by atoms with Gasteiger partial charge in [0.1, 0.15) is 0 Å². The van der Waals surface area contributed by atoms with Crippen molar-refractivity contribution in [3.8, 4) is 5.75 Å². The van der Waals surface area contributed by atoms with Gasteiger partial charge in [-0.25, -0.2) is 0 Å². The SMILES string of the molecule is COc1cc2cn[se]c2cc1C. The van der Waals surface area contributed by atoms with Gasteiger partial charge < -0.3 is 0 Å². The fraction of sp³-hybridized carbons (Fsp3) is 0.222. The Hall–Kier alpha value is -0.791. The number of aromatic nitrogens is 1. The molecule has 0 saturated carbocycles. The Bertz CT molecular complexity index is 408. The molecule has 2 rings (SSSR count). The molecule has 0 fully saturated rings. The van der Waals surface area contributed by atoms with E-state index in [1.165, 1.54) is 15.2 Å². The first kappa shape index (κ1) is 7.84.